The first-order valence-electron chi connectivity index (χ1n) is 6.14. The molecule has 0 aliphatic carbocycles. The van der Waals surface area contributed by atoms with Gasteiger partial charge in [0.2, 0.25) is 5.78 Å². The number of halogens is 1. The van der Waals surface area contributed by atoms with Crippen LogP contribution in [0.2, 0.25) is 0 Å². The summed E-state index contributed by atoms with van der Waals surface area (Å²) in [6.07, 6.45) is 0. The Morgan fingerprint density at radius 2 is 2.19 bits per heavy atom. The second-order valence-corrected chi connectivity index (χ2v) is 5.01. The van der Waals surface area contributed by atoms with Gasteiger partial charge in [-0.1, -0.05) is 28.1 Å². The van der Waals surface area contributed by atoms with Gasteiger partial charge in [-0.25, -0.2) is 9.90 Å². The smallest absolute Gasteiger partial charge is 0.327 e. The lowest BCUT2D eigenvalue weighted by atomic mass is 10.1. The highest BCUT2D eigenvalue weighted by molar-refractivity contribution is 9.10. The zero-order valence-electron chi connectivity index (χ0n) is 11.1. The lowest BCUT2D eigenvalue weighted by Gasteiger charge is -2.00. The van der Waals surface area contributed by atoms with Gasteiger partial charge >= 0.3 is 5.97 Å². The topological polar surface area (TPSA) is 94.0 Å². The average Bonchev–Trinajstić information content (AvgIpc) is 2.80. The summed E-state index contributed by atoms with van der Waals surface area (Å²) >= 11 is 3.25. The number of aromatic amines is 1. The van der Waals surface area contributed by atoms with E-state index in [0.717, 1.165) is 9.15 Å². The number of carbonyl (C=O) groups excluding carboxylic acids is 2. The molecular formula is C13H12BrN3O4. The third-order valence-corrected chi connectivity index (χ3v) is 3.12. The number of rotatable bonds is 5. The van der Waals surface area contributed by atoms with Crippen molar-refractivity contribution >= 4 is 27.7 Å². The predicted molar refractivity (Wildman–Crippen MR) is 77.1 cm³/mol. The molecule has 1 heterocycles. The Labute approximate surface area is 128 Å². The maximum absolute atomic E-state index is 12.2. The largest absolute Gasteiger partial charge is 0.465 e. The normalized spacial score (nSPS) is 10.4. The monoisotopic (exact) mass is 353 g/mol. The van der Waals surface area contributed by atoms with Crippen LogP contribution in [-0.2, 0) is 16.1 Å². The van der Waals surface area contributed by atoms with E-state index < -0.39 is 17.3 Å². The Hall–Kier alpha value is -2.22. The van der Waals surface area contributed by atoms with Crippen LogP contribution in [0, 0.1) is 0 Å². The summed E-state index contributed by atoms with van der Waals surface area (Å²) in [6, 6.07) is 6.62. The van der Waals surface area contributed by atoms with Gasteiger partial charge in [-0.05, 0) is 19.1 Å². The Bertz CT molecular complexity index is 735. The standard InChI is InChI=1S/C13H12BrN3O4/c1-2-21-10(18)7-17-13(20)11(15-16-17)12(19)8-4-3-5-9(14)6-8/h3-6,16H,2,7H2,1H3. The summed E-state index contributed by atoms with van der Waals surface area (Å²) in [5.74, 6) is -1.09. The van der Waals surface area contributed by atoms with Crippen LogP contribution >= 0.6 is 15.9 Å². The number of aromatic nitrogens is 3. The van der Waals surface area contributed by atoms with Gasteiger partial charge in [0.15, 0.2) is 5.69 Å². The SMILES string of the molecule is CCOC(=O)Cn1[nH]nc(C(=O)c2cccc(Br)c2)c1=O. The zero-order chi connectivity index (χ0) is 15.4. The van der Waals surface area contributed by atoms with Crippen LogP contribution in [0.5, 0.6) is 0 Å². The van der Waals surface area contributed by atoms with E-state index in [-0.39, 0.29) is 18.8 Å². The van der Waals surface area contributed by atoms with E-state index in [1.54, 1.807) is 31.2 Å². The molecule has 0 aliphatic heterocycles. The van der Waals surface area contributed by atoms with Gasteiger partial charge in [0.05, 0.1) is 6.61 Å². The van der Waals surface area contributed by atoms with Gasteiger partial charge in [0, 0.05) is 10.0 Å². The summed E-state index contributed by atoms with van der Waals surface area (Å²) in [6.45, 7) is 1.56. The first-order chi connectivity index (χ1) is 10.0. The number of esters is 1. The fourth-order valence-corrected chi connectivity index (χ4v) is 2.09. The third kappa shape index (κ3) is 3.46. The summed E-state index contributed by atoms with van der Waals surface area (Å²) in [5, 5.41) is 6.04. The summed E-state index contributed by atoms with van der Waals surface area (Å²) in [4.78, 5) is 35.6. The number of H-pyrrole nitrogens is 1. The molecule has 0 fully saturated rings. The summed E-state index contributed by atoms with van der Waals surface area (Å²) in [5.41, 5.74) is -0.596. The molecule has 2 aromatic rings. The number of ketones is 1. The van der Waals surface area contributed by atoms with E-state index in [0.29, 0.717) is 5.56 Å². The van der Waals surface area contributed by atoms with E-state index in [9.17, 15) is 14.4 Å². The highest BCUT2D eigenvalue weighted by Gasteiger charge is 2.19. The highest BCUT2D eigenvalue weighted by Crippen LogP contribution is 2.13. The molecule has 8 heteroatoms. The maximum atomic E-state index is 12.2. The van der Waals surface area contributed by atoms with Crippen LogP contribution < -0.4 is 5.56 Å². The van der Waals surface area contributed by atoms with Crippen molar-refractivity contribution in [3.8, 4) is 0 Å². The van der Waals surface area contributed by atoms with Crippen molar-refractivity contribution in [2.24, 2.45) is 0 Å². The molecule has 0 saturated heterocycles. The lowest BCUT2D eigenvalue weighted by Crippen LogP contribution is -2.26. The van der Waals surface area contributed by atoms with E-state index in [2.05, 4.69) is 26.2 Å². The van der Waals surface area contributed by atoms with Crippen LogP contribution in [0.1, 0.15) is 23.0 Å². The predicted octanol–water partition coefficient (Wildman–Crippen LogP) is 1.13. The molecule has 0 unspecified atom stereocenters. The third-order valence-electron chi connectivity index (χ3n) is 2.62. The minimum Gasteiger partial charge on any atom is -0.465 e. The summed E-state index contributed by atoms with van der Waals surface area (Å²) < 4.78 is 6.39. The molecule has 0 amide bonds. The number of nitrogens with one attached hydrogen (secondary N) is 1. The Morgan fingerprint density at radius 3 is 2.86 bits per heavy atom. The number of hydrogen-bond donors (Lipinski definition) is 1. The highest BCUT2D eigenvalue weighted by atomic mass is 79.9. The Morgan fingerprint density at radius 1 is 1.43 bits per heavy atom. The first kappa shape index (κ1) is 15.2. The molecule has 2 rings (SSSR count). The van der Waals surface area contributed by atoms with E-state index in [1.807, 2.05) is 0 Å². The van der Waals surface area contributed by atoms with E-state index >= 15 is 0 Å². The van der Waals surface area contributed by atoms with E-state index in [4.69, 9.17) is 4.74 Å². The van der Waals surface area contributed by atoms with Crippen molar-refractivity contribution in [3.63, 3.8) is 0 Å². The molecule has 0 atom stereocenters. The average molecular weight is 354 g/mol. The molecule has 0 bridgehead atoms. The lowest BCUT2D eigenvalue weighted by molar-refractivity contribution is -0.144. The maximum Gasteiger partial charge on any atom is 0.327 e. The molecule has 0 aliphatic rings. The second kappa shape index (κ2) is 6.49. The van der Waals surface area contributed by atoms with Crippen LogP contribution in [0.15, 0.2) is 33.5 Å². The summed E-state index contributed by atoms with van der Waals surface area (Å²) in [7, 11) is 0. The van der Waals surface area contributed by atoms with Gasteiger partial charge in [-0.3, -0.25) is 14.4 Å². The number of hydrogen-bond acceptors (Lipinski definition) is 5. The molecule has 0 saturated carbocycles. The number of ether oxygens (including phenoxy) is 1. The Kier molecular flexibility index (Phi) is 4.69. The Balaban J connectivity index is 2.26. The molecule has 1 aromatic carbocycles. The van der Waals surface area contributed by atoms with Crippen molar-refractivity contribution in [1.29, 1.82) is 0 Å². The fraction of sp³-hybridized carbons (Fsp3) is 0.231. The quantitative estimate of drug-likeness (QED) is 0.642. The fourth-order valence-electron chi connectivity index (χ4n) is 1.69. The molecule has 7 nitrogen and oxygen atoms in total. The van der Waals surface area contributed by atoms with Crippen LogP contribution in [-0.4, -0.2) is 33.4 Å². The van der Waals surface area contributed by atoms with E-state index in [1.165, 1.54) is 0 Å². The molecule has 1 aromatic heterocycles. The minimum absolute atomic E-state index is 0.214. The number of benzene rings is 1. The second-order valence-electron chi connectivity index (χ2n) is 4.10. The van der Waals surface area contributed by atoms with Crippen molar-refractivity contribution in [1.82, 2.24) is 15.0 Å². The van der Waals surface area contributed by atoms with Crippen molar-refractivity contribution in [2.45, 2.75) is 13.5 Å². The van der Waals surface area contributed by atoms with Gasteiger partial charge in [-0.15, -0.1) is 5.10 Å². The van der Waals surface area contributed by atoms with Crippen molar-refractivity contribution < 1.29 is 14.3 Å². The molecule has 0 spiro atoms. The van der Waals surface area contributed by atoms with Crippen molar-refractivity contribution in [3.05, 3.63) is 50.3 Å². The van der Waals surface area contributed by atoms with Crippen LogP contribution in [0.25, 0.3) is 0 Å². The van der Waals surface area contributed by atoms with Gasteiger partial charge < -0.3 is 4.74 Å². The van der Waals surface area contributed by atoms with Gasteiger partial charge in [0.25, 0.3) is 5.56 Å². The van der Waals surface area contributed by atoms with Crippen molar-refractivity contribution in [2.75, 3.05) is 6.61 Å². The molecular weight excluding hydrogens is 342 g/mol. The van der Waals surface area contributed by atoms with Gasteiger partial charge in [-0.2, -0.15) is 0 Å². The minimum atomic E-state index is -0.659. The number of nitrogens with zero attached hydrogens (tertiary/aromatic N) is 2. The molecule has 0 radical (unpaired) electrons. The molecule has 21 heavy (non-hydrogen) atoms. The van der Waals surface area contributed by atoms with Crippen LogP contribution in [0.3, 0.4) is 0 Å². The zero-order valence-corrected chi connectivity index (χ0v) is 12.7. The molecule has 1 N–H and O–H groups in total. The van der Waals surface area contributed by atoms with Gasteiger partial charge in [0.1, 0.15) is 6.54 Å². The number of carbonyl (C=O) groups is 2. The molecule has 110 valence electrons. The first-order valence-corrected chi connectivity index (χ1v) is 6.93. The van der Waals surface area contributed by atoms with Crippen LogP contribution in [0.4, 0.5) is 0 Å².